The molecule has 3 atom stereocenters. The Morgan fingerprint density at radius 3 is 2.59 bits per heavy atom. The summed E-state index contributed by atoms with van der Waals surface area (Å²) in [6.07, 6.45) is 2.10. The minimum Gasteiger partial charge on any atom is -0.489 e. The van der Waals surface area contributed by atoms with Gasteiger partial charge in [0, 0.05) is 23.2 Å². The second-order valence-corrected chi connectivity index (χ2v) is 7.79. The molecule has 4 nitrogen and oxygen atoms in total. The molecule has 2 aromatic carbocycles. The summed E-state index contributed by atoms with van der Waals surface area (Å²) in [7, 11) is 1.98. The summed E-state index contributed by atoms with van der Waals surface area (Å²) < 4.78 is 6.04. The third kappa shape index (κ3) is 5.45. The number of hydrogen-bond acceptors (Lipinski definition) is 4. The summed E-state index contributed by atoms with van der Waals surface area (Å²) in [6.45, 7) is 1.09. The molecule has 0 aliphatic heterocycles. The fraction of sp³-hybridized carbons (Fsp3) is 0.455. The number of aliphatic hydroxyl groups excluding tert-OH is 2. The lowest BCUT2D eigenvalue weighted by Crippen LogP contribution is -2.45. The second kappa shape index (κ2) is 9.56. The Hall–Kier alpha value is -1.59. The molecule has 3 rings (SSSR count). The standard InChI is InChI=1S/C22H28ClNO3/c1-24(19-9-5-6-10-20(25)22(19)26)14-17-13-18(23)11-12-21(17)27-15-16-7-3-2-4-8-16/h2-4,7-8,11-13,19-20,22,25-26H,5-6,9-10,14-15H2,1H3/t19-,20-,22-/m1/s1. The molecule has 27 heavy (non-hydrogen) atoms. The number of nitrogens with zero attached hydrogens (tertiary/aromatic N) is 1. The quantitative estimate of drug-likeness (QED) is 0.733. The number of halogens is 1. The van der Waals surface area contributed by atoms with Crippen molar-refractivity contribution in [3.05, 3.63) is 64.7 Å². The Labute approximate surface area is 166 Å². The van der Waals surface area contributed by atoms with Gasteiger partial charge in [-0.05, 0) is 43.7 Å². The number of likely N-dealkylation sites (N-methyl/N-ethyl adjacent to an activating group) is 1. The first-order valence-corrected chi connectivity index (χ1v) is 9.94. The summed E-state index contributed by atoms with van der Waals surface area (Å²) in [5.74, 6) is 0.791. The van der Waals surface area contributed by atoms with Crippen LogP contribution in [-0.2, 0) is 13.2 Å². The number of benzene rings is 2. The van der Waals surface area contributed by atoms with E-state index in [2.05, 4.69) is 4.90 Å². The third-order valence-corrected chi connectivity index (χ3v) is 5.52. The first-order valence-electron chi connectivity index (χ1n) is 9.56. The van der Waals surface area contributed by atoms with E-state index in [1.165, 1.54) is 0 Å². The van der Waals surface area contributed by atoms with Crippen molar-refractivity contribution in [1.82, 2.24) is 4.90 Å². The minimum atomic E-state index is -0.731. The van der Waals surface area contributed by atoms with Crippen LogP contribution in [0.5, 0.6) is 5.75 Å². The zero-order valence-electron chi connectivity index (χ0n) is 15.7. The van der Waals surface area contributed by atoms with Crippen LogP contribution in [-0.4, -0.2) is 40.4 Å². The average molecular weight is 390 g/mol. The molecule has 5 heteroatoms. The Morgan fingerprint density at radius 1 is 1.07 bits per heavy atom. The smallest absolute Gasteiger partial charge is 0.124 e. The van der Waals surface area contributed by atoms with E-state index in [9.17, 15) is 10.2 Å². The molecule has 1 aliphatic rings. The van der Waals surface area contributed by atoms with E-state index in [0.717, 1.165) is 36.1 Å². The summed E-state index contributed by atoms with van der Waals surface area (Å²) in [4.78, 5) is 2.10. The molecule has 0 amide bonds. The van der Waals surface area contributed by atoms with Crippen molar-refractivity contribution in [1.29, 1.82) is 0 Å². The zero-order valence-corrected chi connectivity index (χ0v) is 16.5. The molecule has 1 fully saturated rings. The van der Waals surface area contributed by atoms with Gasteiger partial charge in [0.15, 0.2) is 0 Å². The van der Waals surface area contributed by atoms with Gasteiger partial charge in [-0.15, -0.1) is 0 Å². The number of hydrogen-bond donors (Lipinski definition) is 2. The molecule has 146 valence electrons. The highest BCUT2D eigenvalue weighted by atomic mass is 35.5. The van der Waals surface area contributed by atoms with Crippen molar-refractivity contribution in [3.63, 3.8) is 0 Å². The minimum absolute atomic E-state index is 0.0801. The van der Waals surface area contributed by atoms with Crippen molar-refractivity contribution in [2.24, 2.45) is 0 Å². The monoisotopic (exact) mass is 389 g/mol. The van der Waals surface area contributed by atoms with E-state index in [-0.39, 0.29) is 6.04 Å². The molecular formula is C22H28ClNO3. The van der Waals surface area contributed by atoms with Crippen molar-refractivity contribution in [3.8, 4) is 5.75 Å². The molecule has 0 heterocycles. The number of rotatable bonds is 6. The lowest BCUT2D eigenvalue weighted by Gasteiger charge is -2.32. The number of aliphatic hydroxyl groups is 2. The van der Waals surface area contributed by atoms with Crippen LogP contribution in [0.1, 0.15) is 36.8 Å². The van der Waals surface area contributed by atoms with Gasteiger partial charge in [0.1, 0.15) is 12.4 Å². The summed E-state index contributed by atoms with van der Waals surface area (Å²) in [6, 6.07) is 15.6. The summed E-state index contributed by atoms with van der Waals surface area (Å²) in [5, 5.41) is 21.3. The van der Waals surface area contributed by atoms with E-state index >= 15 is 0 Å². The topological polar surface area (TPSA) is 52.9 Å². The molecule has 0 spiro atoms. The normalized spacial score (nSPS) is 23.2. The maximum atomic E-state index is 10.5. The van der Waals surface area contributed by atoms with Gasteiger partial charge in [0.05, 0.1) is 12.2 Å². The zero-order chi connectivity index (χ0) is 19.2. The molecule has 1 saturated carbocycles. The molecule has 1 aliphatic carbocycles. The van der Waals surface area contributed by atoms with Gasteiger partial charge in [-0.3, -0.25) is 4.90 Å². The number of ether oxygens (including phenoxy) is 1. The second-order valence-electron chi connectivity index (χ2n) is 7.35. The van der Waals surface area contributed by atoms with Crippen LogP contribution < -0.4 is 4.74 Å². The van der Waals surface area contributed by atoms with Crippen LogP contribution >= 0.6 is 11.6 Å². The average Bonchev–Trinajstić information content (AvgIpc) is 2.83. The lowest BCUT2D eigenvalue weighted by atomic mass is 10.0. The fourth-order valence-electron chi connectivity index (χ4n) is 3.72. The van der Waals surface area contributed by atoms with Gasteiger partial charge in [-0.2, -0.15) is 0 Å². The van der Waals surface area contributed by atoms with Crippen LogP contribution in [0.15, 0.2) is 48.5 Å². The van der Waals surface area contributed by atoms with Gasteiger partial charge in [0.25, 0.3) is 0 Å². The first kappa shape index (κ1) is 20.2. The van der Waals surface area contributed by atoms with Crippen molar-refractivity contribution in [2.75, 3.05) is 7.05 Å². The molecule has 0 saturated heterocycles. The predicted octanol–water partition coefficient (Wildman–Crippen LogP) is 4.02. The Balaban J connectivity index is 1.72. The lowest BCUT2D eigenvalue weighted by molar-refractivity contribution is -0.0320. The molecule has 0 bridgehead atoms. The molecular weight excluding hydrogens is 362 g/mol. The Bertz CT molecular complexity index is 725. The summed E-state index contributed by atoms with van der Waals surface area (Å²) in [5.41, 5.74) is 2.08. The molecule has 0 aromatic heterocycles. The van der Waals surface area contributed by atoms with Crippen LogP contribution in [0.3, 0.4) is 0 Å². The highest BCUT2D eigenvalue weighted by Gasteiger charge is 2.31. The Kier molecular flexibility index (Phi) is 7.13. The van der Waals surface area contributed by atoms with Crippen molar-refractivity contribution < 1.29 is 14.9 Å². The summed E-state index contributed by atoms with van der Waals surface area (Å²) >= 11 is 6.22. The van der Waals surface area contributed by atoms with Gasteiger partial charge in [-0.25, -0.2) is 0 Å². The van der Waals surface area contributed by atoms with Crippen LogP contribution in [0.2, 0.25) is 5.02 Å². The van der Waals surface area contributed by atoms with E-state index in [1.807, 2.05) is 55.6 Å². The largest absolute Gasteiger partial charge is 0.489 e. The highest BCUT2D eigenvalue weighted by molar-refractivity contribution is 6.30. The highest BCUT2D eigenvalue weighted by Crippen LogP contribution is 2.28. The van der Waals surface area contributed by atoms with Crippen LogP contribution in [0.25, 0.3) is 0 Å². The van der Waals surface area contributed by atoms with Crippen LogP contribution in [0.4, 0.5) is 0 Å². The van der Waals surface area contributed by atoms with Crippen LogP contribution in [0, 0.1) is 0 Å². The SMILES string of the molecule is CN(Cc1cc(Cl)ccc1OCc1ccccc1)[C@@H]1CCCC[C@@H](O)[C@@H]1O. The molecule has 0 radical (unpaired) electrons. The van der Waals surface area contributed by atoms with Gasteiger partial charge in [-0.1, -0.05) is 54.8 Å². The van der Waals surface area contributed by atoms with Gasteiger partial charge in [0.2, 0.25) is 0 Å². The van der Waals surface area contributed by atoms with E-state index in [1.54, 1.807) is 0 Å². The van der Waals surface area contributed by atoms with E-state index in [0.29, 0.717) is 24.6 Å². The maximum Gasteiger partial charge on any atom is 0.124 e. The molecule has 2 aromatic rings. The fourth-order valence-corrected chi connectivity index (χ4v) is 3.91. The first-order chi connectivity index (χ1) is 13.0. The molecule has 0 unspecified atom stereocenters. The van der Waals surface area contributed by atoms with E-state index in [4.69, 9.17) is 16.3 Å². The maximum absolute atomic E-state index is 10.5. The van der Waals surface area contributed by atoms with E-state index < -0.39 is 12.2 Å². The van der Waals surface area contributed by atoms with Gasteiger partial charge < -0.3 is 14.9 Å². The molecule has 2 N–H and O–H groups in total. The van der Waals surface area contributed by atoms with Gasteiger partial charge >= 0.3 is 0 Å². The Morgan fingerprint density at radius 2 is 1.81 bits per heavy atom. The predicted molar refractivity (Wildman–Crippen MR) is 108 cm³/mol. The van der Waals surface area contributed by atoms with Crippen molar-refractivity contribution >= 4 is 11.6 Å². The van der Waals surface area contributed by atoms with Crippen molar-refractivity contribution in [2.45, 2.75) is 57.1 Å². The third-order valence-electron chi connectivity index (χ3n) is 5.28.